The molecule has 0 aliphatic carbocycles. The number of carbonyl (C=O) groups is 1. The minimum atomic E-state index is -0.876. The molecule has 0 spiro atoms. The number of hydrogen-bond donors (Lipinski definition) is 2. The van der Waals surface area contributed by atoms with E-state index in [2.05, 4.69) is 5.10 Å². The minimum absolute atomic E-state index is 0.136. The van der Waals surface area contributed by atoms with E-state index in [0.717, 1.165) is 6.21 Å². The first-order valence-corrected chi connectivity index (χ1v) is 4.98. The molecule has 0 aliphatic heterocycles. The number of carbonyl (C=O) groups excluding carboxylic acids is 1. The molecule has 0 bridgehead atoms. The van der Waals surface area contributed by atoms with E-state index in [4.69, 9.17) is 15.2 Å². The highest BCUT2D eigenvalue weighted by atomic mass is 16.6. The Balaban J connectivity index is 3.23. The second kappa shape index (κ2) is 6.19. The largest absolute Gasteiger partial charge is 0.493 e. The number of hydrogen-bond acceptors (Lipinski definition) is 6. The zero-order valence-corrected chi connectivity index (χ0v) is 10.2. The van der Waals surface area contributed by atoms with Crippen LogP contribution in [0.2, 0.25) is 0 Å². The fourth-order valence-electron chi connectivity index (χ4n) is 1.31. The van der Waals surface area contributed by atoms with Crippen LogP contribution in [0.25, 0.3) is 0 Å². The molecule has 0 unspecified atom stereocenters. The first-order valence-electron chi connectivity index (χ1n) is 4.98. The van der Waals surface area contributed by atoms with Crippen LogP contribution in [-0.4, -0.2) is 31.4 Å². The third-order valence-corrected chi connectivity index (χ3v) is 2.11. The van der Waals surface area contributed by atoms with Crippen LogP contribution in [0.5, 0.6) is 11.5 Å². The normalized spacial score (nSPS) is 10.2. The van der Waals surface area contributed by atoms with Crippen LogP contribution in [0.4, 0.5) is 10.5 Å². The summed E-state index contributed by atoms with van der Waals surface area (Å²) in [5, 5.41) is 14.4. The van der Waals surface area contributed by atoms with Crippen molar-refractivity contribution in [1.29, 1.82) is 0 Å². The van der Waals surface area contributed by atoms with Gasteiger partial charge in [0.2, 0.25) is 0 Å². The SMILES string of the molecule is COc1cc(C=NNC(N)=O)c([N+](=O)[O-])cc1OC. The number of nitrogens with one attached hydrogen (secondary N) is 1. The van der Waals surface area contributed by atoms with E-state index >= 15 is 0 Å². The highest BCUT2D eigenvalue weighted by molar-refractivity contribution is 5.87. The van der Waals surface area contributed by atoms with Gasteiger partial charge in [-0.15, -0.1) is 0 Å². The number of amides is 2. The molecule has 9 nitrogen and oxygen atoms in total. The average molecular weight is 268 g/mol. The Morgan fingerprint density at radius 2 is 2.00 bits per heavy atom. The number of hydrazone groups is 1. The first kappa shape index (κ1) is 14.2. The molecule has 0 aliphatic rings. The number of benzene rings is 1. The number of rotatable bonds is 5. The Bertz CT molecular complexity index is 529. The summed E-state index contributed by atoms with van der Waals surface area (Å²) in [5.74, 6) is 0.517. The molecule has 0 saturated heterocycles. The summed E-state index contributed by atoms with van der Waals surface area (Å²) in [6.07, 6.45) is 1.09. The van der Waals surface area contributed by atoms with Crippen molar-refractivity contribution in [2.24, 2.45) is 10.8 Å². The zero-order chi connectivity index (χ0) is 14.4. The Kier molecular flexibility index (Phi) is 4.63. The molecule has 102 valence electrons. The monoisotopic (exact) mass is 268 g/mol. The van der Waals surface area contributed by atoms with Crippen LogP contribution < -0.4 is 20.6 Å². The molecular weight excluding hydrogens is 256 g/mol. The molecule has 19 heavy (non-hydrogen) atoms. The lowest BCUT2D eigenvalue weighted by Crippen LogP contribution is -2.24. The van der Waals surface area contributed by atoms with Crippen LogP contribution in [0.15, 0.2) is 17.2 Å². The lowest BCUT2D eigenvalue weighted by Gasteiger charge is -2.08. The van der Waals surface area contributed by atoms with Gasteiger partial charge in [-0.1, -0.05) is 0 Å². The lowest BCUT2D eigenvalue weighted by molar-refractivity contribution is -0.385. The van der Waals surface area contributed by atoms with Crippen molar-refractivity contribution in [3.63, 3.8) is 0 Å². The number of urea groups is 1. The molecule has 1 aromatic rings. The standard InChI is InChI=1S/C10H12N4O5/c1-18-8-3-6(5-12-13-10(11)15)7(14(16)17)4-9(8)19-2/h3-5H,1-2H3,(H3,11,13,15). The third kappa shape index (κ3) is 3.56. The Labute approximate surface area is 108 Å². The van der Waals surface area contributed by atoms with Gasteiger partial charge in [-0.25, -0.2) is 10.2 Å². The molecule has 3 N–H and O–H groups in total. The number of nitro benzene ring substituents is 1. The molecule has 9 heteroatoms. The minimum Gasteiger partial charge on any atom is -0.493 e. The van der Waals surface area contributed by atoms with E-state index in [1.807, 2.05) is 5.43 Å². The Morgan fingerprint density at radius 1 is 1.42 bits per heavy atom. The van der Waals surface area contributed by atoms with Gasteiger partial charge in [0.15, 0.2) is 11.5 Å². The van der Waals surface area contributed by atoms with Crippen molar-refractivity contribution >= 4 is 17.9 Å². The van der Waals surface area contributed by atoms with Gasteiger partial charge in [-0.3, -0.25) is 10.1 Å². The second-order valence-electron chi connectivity index (χ2n) is 3.26. The maximum atomic E-state index is 10.9. The van der Waals surface area contributed by atoms with Crippen molar-refractivity contribution in [2.45, 2.75) is 0 Å². The number of methoxy groups -OCH3 is 2. The summed E-state index contributed by atoms with van der Waals surface area (Å²) in [6.45, 7) is 0. The van der Waals surface area contributed by atoms with Crippen molar-refractivity contribution in [2.75, 3.05) is 14.2 Å². The fraction of sp³-hybridized carbons (Fsp3) is 0.200. The summed E-state index contributed by atoms with van der Waals surface area (Å²) in [6, 6.07) is 1.69. The second-order valence-corrected chi connectivity index (χ2v) is 3.26. The summed E-state index contributed by atoms with van der Waals surface area (Å²) in [7, 11) is 2.76. The van der Waals surface area contributed by atoms with Gasteiger partial charge in [0.1, 0.15) is 0 Å². The number of ether oxygens (including phenoxy) is 2. The molecule has 0 heterocycles. The topological polar surface area (TPSA) is 129 Å². The fourth-order valence-corrected chi connectivity index (χ4v) is 1.31. The summed E-state index contributed by atoms with van der Waals surface area (Å²) >= 11 is 0. The zero-order valence-electron chi connectivity index (χ0n) is 10.2. The molecule has 0 saturated carbocycles. The molecule has 2 amide bonds. The number of nitrogens with two attached hydrogens (primary N) is 1. The highest BCUT2D eigenvalue weighted by Crippen LogP contribution is 2.33. The maximum absolute atomic E-state index is 10.9. The molecule has 0 fully saturated rings. The van der Waals surface area contributed by atoms with Crippen LogP contribution in [0.1, 0.15) is 5.56 Å². The molecule has 0 radical (unpaired) electrons. The molecule has 1 aromatic carbocycles. The van der Waals surface area contributed by atoms with Crippen LogP contribution in [0, 0.1) is 10.1 Å². The van der Waals surface area contributed by atoms with Crippen molar-refractivity contribution in [1.82, 2.24) is 5.43 Å². The van der Waals surface area contributed by atoms with E-state index in [1.54, 1.807) is 0 Å². The first-order chi connectivity index (χ1) is 8.99. The van der Waals surface area contributed by atoms with E-state index in [1.165, 1.54) is 26.4 Å². The quantitative estimate of drug-likeness (QED) is 0.459. The van der Waals surface area contributed by atoms with Gasteiger partial charge < -0.3 is 15.2 Å². The highest BCUT2D eigenvalue weighted by Gasteiger charge is 2.18. The molecule has 0 aromatic heterocycles. The van der Waals surface area contributed by atoms with Gasteiger partial charge in [0.05, 0.1) is 37.0 Å². The van der Waals surface area contributed by atoms with Crippen molar-refractivity contribution in [3.8, 4) is 11.5 Å². The van der Waals surface area contributed by atoms with Crippen LogP contribution in [0.3, 0.4) is 0 Å². The maximum Gasteiger partial charge on any atom is 0.332 e. The van der Waals surface area contributed by atoms with Gasteiger partial charge >= 0.3 is 6.03 Å². The summed E-state index contributed by atoms with van der Waals surface area (Å²) < 4.78 is 9.98. The van der Waals surface area contributed by atoms with Gasteiger partial charge in [0, 0.05) is 0 Å². The van der Waals surface area contributed by atoms with Crippen molar-refractivity contribution in [3.05, 3.63) is 27.8 Å². The Hall–Kier alpha value is -2.84. The molecular formula is C10H12N4O5. The summed E-state index contributed by atoms with van der Waals surface area (Å²) in [5.41, 5.74) is 6.65. The number of primary amides is 1. The van der Waals surface area contributed by atoms with Crippen LogP contribution >= 0.6 is 0 Å². The molecule has 0 atom stereocenters. The van der Waals surface area contributed by atoms with E-state index in [-0.39, 0.29) is 17.0 Å². The number of nitro groups is 1. The smallest absolute Gasteiger partial charge is 0.332 e. The van der Waals surface area contributed by atoms with E-state index in [9.17, 15) is 14.9 Å². The van der Waals surface area contributed by atoms with Crippen LogP contribution in [-0.2, 0) is 0 Å². The number of nitrogens with zero attached hydrogens (tertiary/aromatic N) is 2. The summed E-state index contributed by atoms with van der Waals surface area (Å²) in [4.78, 5) is 20.8. The van der Waals surface area contributed by atoms with Gasteiger partial charge in [-0.2, -0.15) is 5.10 Å². The van der Waals surface area contributed by atoms with E-state index in [0.29, 0.717) is 5.75 Å². The van der Waals surface area contributed by atoms with Crippen molar-refractivity contribution < 1.29 is 19.2 Å². The van der Waals surface area contributed by atoms with Gasteiger partial charge in [-0.05, 0) is 6.07 Å². The predicted molar refractivity (Wildman–Crippen MR) is 66.5 cm³/mol. The average Bonchev–Trinajstić information content (AvgIpc) is 2.37. The molecule has 1 rings (SSSR count). The Morgan fingerprint density at radius 3 is 2.47 bits per heavy atom. The van der Waals surface area contributed by atoms with Gasteiger partial charge in [0.25, 0.3) is 5.69 Å². The third-order valence-electron chi connectivity index (χ3n) is 2.11. The lowest BCUT2D eigenvalue weighted by atomic mass is 10.1. The van der Waals surface area contributed by atoms with E-state index < -0.39 is 11.0 Å². The predicted octanol–water partition coefficient (Wildman–Crippen LogP) is 0.614.